The van der Waals surface area contributed by atoms with Gasteiger partial charge in [0.05, 0.1) is 29.6 Å². The quantitative estimate of drug-likeness (QED) is 0.742. The van der Waals surface area contributed by atoms with Crippen molar-refractivity contribution in [2.24, 2.45) is 5.73 Å². The number of nitrogens with one attached hydrogen (secondary N) is 1. The molecule has 88 valence electrons. The second kappa shape index (κ2) is 4.85. The zero-order chi connectivity index (χ0) is 12.3. The number of hydrogen-bond donors (Lipinski definition) is 2. The third-order valence-electron chi connectivity index (χ3n) is 2.77. The van der Waals surface area contributed by atoms with E-state index in [1.807, 2.05) is 6.07 Å². The minimum absolute atomic E-state index is 0.0176. The van der Waals surface area contributed by atoms with Crippen LogP contribution >= 0.6 is 0 Å². The molecule has 1 amide bonds. The molecule has 1 heterocycles. The first-order valence-corrected chi connectivity index (χ1v) is 5.54. The molecule has 0 radical (unpaired) electrons. The molecule has 3 N–H and O–H groups in total. The number of nitrogens with two attached hydrogens (primary N) is 1. The van der Waals surface area contributed by atoms with E-state index in [1.54, 1.807) is 17.0 Å². The standard InChI is InChI=1S/C12H14N4O/c13-7-9-2-3-10-11(6-9)16(12(17)8-14)5-1-4-15-10/h2-3,6,15H,1,4-5,8,14H2. The lowest BCUT2D eigenvalue weighted by Gasteiger charge is -2.21. The average molecular weight is 230 g/mol. The van der Waals surface area contributed by atoms with Crippen LogP contribution in [0.2, 0.25) is 0 Å². The van der Waals surface area contributed by atoms with Gasteiger partial charge in [-0.15, -0.1) is 0 Å². The van der Waals surface area contributed by atoms with Crippen molar-refractivity contribution in [2.45, 2.75) is 6.42 Å². The molecule has 17 heavy (non-hydrogen) atoms. The molecular weight excluding hydrogens is 216 g/mol. The molecule has 5 heteroatoms. The van der Waals surface area contributed by atoms with Gasteiger partial charge in [-0.2, -0.15) is 5.26 Å². The van der Waals surface area contributed by atoms with Crippen LogP contribution in [0.3, 0.4) is 0 Å². The van der Waals surface area contributed by atoms with Crippen LogP contribution in [0.5, 0.6) is 0 Å². The Bertz CT molecular complexity index is 478. The van der Waals surface area contributed by atoms with Gasteiger partial charge in [0.2, 0.25) is 5.91 Å². The van der Waals surface area contributed by atoms with Gasteiger partial charge in [-0.05, 0) is 24.6 Å². The van der Waals surface area contributed by atoms with E-state index in [9.17, 15) is 4.79 Å². The summed E-state index contributed by atoms with van der Waals surface area (Å²) in [5.74, 6) is -0.120. The zero-order valence-corrected chi connectivity index (χ0v) is 9.44. The van der Waals surface area contributed by atoms with Crippen molar-refractivity contribution in [1.82, 2.24) is 0 Å². The molecule has 1 aliphatic rings. The minimum Gasteiger partial charge on any atom is -0.383 e. The van der Waals surface area contributed by atoms with Gasteiger partial charge in [-0.3, -0.25) is 4.79 Å². The van der Waals surface area contributed by atoms with E-state index in [-0.39, 0.29) is 12.5 Å². The van der Waals surface area contributed by atoms with Gasteiger partial charge in [-0.25, -0.2) is 0 Å². The van der Waals surface area contributed by atoms with Crippen LogP contribution in [0.4, 0.5) is 11.4 Å². The van der Waals surface area contributed by atoms with E-state index < -0.39 is 0 Å². The molecule has 0 spiro atoms. The predicted molar refractivity (Wildman–Crippen MR) is 65.7 cm³/mol. The Balaban J connectivity index is 2.46. The molecule has 5 nitrogen and oxygen atoms in total. The Kier molecular flexibility index (Phi) is 3.26. The number of nitrogens with zero attached hydrogens (tertiary/aromatic N) is 2. The molecule has 0 saturated carbocycles. The maximum absolute atomic E-state index is 11.8. The highest BCUT2D eigenvalue weighted by Gasteiger charge is 2.20. The summed E-state index contributed by atoms with van der Waals surface area (Å²) in [4.78, 5) is 13.4. The summed E-state index contributed by atoms with van der Waals surface area (Å²) in [6, 6.07) is 7.37. The largest absolute Gasteiger partial charge is 0.383 e. The molecule has 0 aromatic heterocycles. The van der Waals surface area contributed by atoms with Crippen molar-refractivity contribution in [1.29, 1.82) is 5.26 Å². The molecule has 0 atom stereocenters. The number of anilines is 2. The maximum atomic E-state index is 11.8. The summed E-state index contributed by atoms with van der Waals surface area (Å²) in [7, 11) is 0. The first-order valence-electron chi connectivity index (χ1n) is 5.54. The molecular formula is C12H14N4O. The molecule has 2 rings (SSSR count). The van der Waals surface area contributed by atoms with Crippen molar-refractivity contribution in [3.05, 3.63) is 23.8 Å². The summed E-state index contributed by atoms with van der Waals surface area (Å²) in [6.45, 7) is 1.42. The lowest BCUT2D eigenvalue weighted by Crippen LogP contribution is -2.36. The smallest absolute Gasteiger partial charge is 0.240 e. The number of carbonyl (C=O) groups is 1. The summed E-state index contributed by atoms with van der Waals surface area (Å²) < 4.78 is 0. The Morgan fingerprint density at radius 3 is 3.12 bits per heavy atom. The Labute approximate surface area is 99.8 Å². The van der Waals surface area contributed by atoms with E-state index >= 15 is 0 Å². The van der Waals surface area contributed by atoms with Crippen LogP contribution in [-0.2, 0) is 4.79 Å². The average Bonchev–Trinajstić information content (AvgIpc) is 2.59. The van der Waals surface area contributed by atoms with Crippen molar-refractivity contribution in [3.63, 3.8) is 0 Å². The lowest BCUT2D eigenvalue weighted by atomic mass is 10.1. The Hall–Kier alpha value is -2.06. The number of amides is 1. The van der Waals surface area contributed by atoms with Crippen LogP contribution in [0.15, 0.2) is 18.2 Å². The van der Waals surface area contributed by atoms with E-state index in [0.29, 0.717) is 12.1 Å². The molecule has 0 fully saturated rings. The van der Waals surface area contributed by atoms with Gasteiger partial charge >= 0.3 is 0 Å². The number of rotatable bonds is 1. The number of nitriles is 1. The van der Waals surface area contributed by atoms with E-state index in [0.717, 1.165) is 24.3 Å². The van der Waals surface area contributed by atoms with Gasteiger partial charge in [0.15, 0.2) is 0 Å². The minimum atomic E-state index is -0.120. The Morgan fingerprint density at radius 1 is 1.59 bits per heavy atom. The van der Waals surface area contributed by atoms with Crippen LogP contribution in [0.1, 0.15) is 12.0 Å². The van der Waals surface area contributed by atoms with Gasteiger partial charge in [0.25, 0.3) is 0 Å². The van der Waals surface area contributed by atoms with Crippen molar-refractivity contribution >= 4 is 17.3 Å². The first kappa shape index (κ1) is 11.4. The van der Waals surface area contributed by atoms with Gasteiger partial charge in [-0.1, -0.05) is 0 Å². The molecule has 0 bridgehead atoms. The van der Waals surface area contributed by atoms with Gasteiger partial charge < -0.3 is 16.0 Å². The molecule has 1 aromatic rings. The number of carbonyl (C=O) groups excluding carboxylic acids is 1. The highest BCUT2D eigenvalue weighted by Crippen LogP contribution is 2.29. The molecule has 1 aliphatic heterocycles. The fourth-order valence-electron chi connectivity index (χ4n) is 1.92. The van der Waals surface area contributed by atoms with Crippen molar-refractivity contribution in [3.8, 4) is 6.07 Å². The van der Waals surface area contributed by atoms with E-state index in [4.69, 9.17) is 11.0 Å². The van der Waals surface area contributed by atoms with E-state index in [1.165, 1.54) is 0 Å². The van der Waals surface area contributed by atoms with E-state index in [2.05, 4.69) is 11.4 Å². The Morgan fingerprint density at radius 2 is 2.41 bits per heavy atom. The normalized spacial score (nSPS) is 14.2. The fraction of sp³-hybridized carbons (Fsp3) is 0.333. The number of fused-ring (bicyclic) bond motifs is 1. The third-order valence-corrected chi connectivity index (χ3v) is 2.77. The summed E-state index contributed by atoms with van der Waals surface area (Å²) >= 11 is 0. The second-order valence-corrected chi connectivity index (χ2v) is 3.87. The monoisotopic (exact) mass is 230 g/mol. The third kappa shape index (κ3) is 2.22. The summed E-state index contributed by atoms with van der Waals surface area (Å²) in [6.07, 6.45) is 0.863. The topological polar surface area (TPSA) is 82.2 Å². The summed E-state index contributed by atoms with van der Waals surface area (Å²) in [5, 5.41) is 12.1. The molecule has 1 aromatic carbocycles. The lowest BCUT2D eigenvalue weighted by molar-refractivity contribution is -0.117. The van der Waals surface area contributed by atoms with Crippen LogP contribution in [0.25, 0.3) is 0 Å². The molecule has 0 aliphatic carbocycles. The highest BCUT2D eigenvalue weighted by molar-refractivity contribution is 5.98. The van der Waals surface area contributed by atoms with Gasteiger partial charge in [0, 0.05) is 13.1 Å². The maximum Gasteiger partial charge on any atom is 0.240 e. The first-order chi connectivity index (χ1) is 8.26. The predicted octanol–water partition coefficient (Wildman–Crippen LogP) is 0.666. The second-order valence-electron chi connectivity index (χ2n) is 3.87. The fourth-order valence-corrected chi connectivity index (χ4v) is 1.92. The van der Waals surface area contributed by atoms with Crippen molar-refractivity contribution < 1.29 is 4.79 Å². The summed E-state index contributed by atoms with van der Waals surface area (Å²) in [5.41, 5.74) is 7.57. The number of hydrogen-bond acceptors (Lipinski definition) is 4. The van der Waals surface area contributed by atoms with Crippen molar-refractivity contribution in [2.75, 3.05) is 29.9 Å². The van der Waals surface area contributed by atoms with Gasteiger partial charge in [0.1, 0.15) is 0 Å². The van der Waals surface area contributed by atoms with Crippen LogP contribution in [0, 0.1) is 11.3 Å². The van der Waals surface area contributed by atoms with Crippen LogP contribution in [-0.4, -0.2) is 25.5 Å². The van der Waals surface area contributed by atoms with Crippen LogP contribution < -0.4 is 16.0 Å². The molecule has 0 saturated heterocycles. The zero-order valence-electron chi connectivity index (χ0n) is 9.44. The number of benzene rings is 1. The highest BCUT2D eigenvalue weighted by atomic mass is 16.2. The molecule has 0 unspecified atom stereocenters. The SMILES string of the molecule is N#Cc1ccc2c(c1)N(C(=O)CN)CCCN2.